The molecular weight excluding hydrogens is 288 g/mol. The molecule has 3 aromatic rings. The number of hydrogen-bond acceptors (Lipinski definition) is 4. The highest BCUT2D eigenvalue weighted by molar-refractivity contribution is 5.52. The molecule has 3 rings (SSSR count). The van der Waals surface area contributed by atoms with E-state index in [2.05, 4.69) is 10.3 Å². The Labute approximate surface area is 135 Å². The summed E-state index contributed by atoms with van der Waals surface area (Å²) in [7, 11) is 0. The van der Waals surface area contributed by atoms with Crippen LogP contribution in [-0.2, 0) is 13.0 Å². The number of oxazole rings is 1. The smallest absolute Gasteiger partial charge is 0.226 e. The van der Waals surface area contributed by atoms with Crippen molar-refractivity contribution in [2.24, 2.45) is 0 Å². The number of rotatable bonds is 7. The van der Waals surface area contributed by atoms with Crippen molar-refractivity contribution in [2.45, 2.75) is 19.1 Å². The summed E-state index contributed by atoms with van der Waals surface area (Å²) in [4.78, 5) is 4.45. The molecule has 2 N–H and O–H groups in total. The first kappa shape index (κ1) is 15.5. The van der Waals surface area contributed by atoms with Crippen molar-refractivity contribution in [1.29, 1.82) is 0 Å². The number of hydrogen-bond donors (Lipinski definition) is 2. The van der Waals surface area contributed by atoms with Crippen LogP contribution in [0.3, 0.4) is 0 Å². The molecule has 118 valence electrons. The average molecular weight is 308 g/mol. The molecule has 0 saturated heterocycles. The molecule has 4 heteroatoms. The topological polar surface area (TPSA) is 58.3 Å². The second-order valence-electron chi connectivity index (χ2n) is 5.48. The summed E-state index contributed by atoms with van der Waals surface area (Å²) in [5.74, 6) is 0.618. The molecule has 23 heavy (non-hydrogen) atoms. The molecule has 0 bridgehead atoms. The Bertz CT molecular complexity index is 711. The normalized spacial score (nSPS) is 12.2. The Morgan fingerprint density at radius 2 is 1.70 bits per heavy atom. The number of aromatic nitrogens is 1. The molecule has 1 atom stereocenters. The fourth-order valence-electron chi connectivity index (χ4n) is 2.43. The van der Waals surface area contributed by atoms with Gasteiger partial charge in [0.15, 0.2) is 0 Å². The molecule has 1 heterocycles. The number of nitrogens with one attached hydrogen (secondary N) is 1. The van der Waals surface area contributed by atoms with Gasteiger partial charge in [0, 0.05) is 18.7 Å². The van der Waals surface area contributed by atoms with Gasteiger partial charge in [-0.3, -0.25) is 0 Å². The SMILES string of the molecule is OC(CNCc1coc(-c2ccccc2)n1)Cc1ccccc1. The van der Waals surface area contributed by atoms with Gasteiger partial charge in [-0.1, -0.05) is 48.5 Å². The molecule has 2 aromatic carbocycles. The van der Waals surface area contributed by atoms with Gasteiger partial charge in [-0.2, -0.15) is 0 Å². The molecule has 1 aromatic heterocycles. The highest BCUT2D eigenvalue weighted by atomic mass is 16.3. The predicted octanol–water partition coefficient (Wildman–Crippen LogP) is 3.03. The number of aliphatic hydroxyl groups excluding tert-OH is 1. The first-order valence-electron chi connectivity index (χ1n) is 7.74. The van der Waals surface area contributed by atoms with Crippen LogP contribution in [0.5, 0.6) is 0 Å². The van der Waals surface area contributed by atoms with Crippen LogP contribution in [0.15, 0.2) is 71.3 Å². The third-order valence-electron chi connectivity index (χ3n) is 3.57. The van der Waals surface area contributed by atoms with Gasteiger partial charge in [-0.25, -0.2) is 4.98 Å². The van der Waals surface area contributed by atoms with Crippen molar-refractivity contribution in [3.63, 3.8) is 0 Å². The van der Waals surface area contributed by atoms with E-state index in [0.717, 1.165) is 16.8 Å². The van der Waals surface area contributed by atoms with E-state index in [0.29, 0.717) is 25.4 Å². The maximum absolute atomic E-state index is 10.1. The fraction of sp³-hybridized carbons (Fsp3) is 0.211. The van der Waals surface area contributed by atoms with E-state index in [9.17, 15) is 5.11 Å². The minimum Gasteiger partial charge on any atom is -0.444 e. The number of nitrogens with zero attached hydrogens (tertiary/aromatic N) is 1. The van der Waals surface area contributed by atoms with Crippen LogP contribution >= 0.6 is 0 Å². The molecular formula is C19H20N2O2. The van der Waals surface area contributed by atoms with E-state index in [4.69, 9.17) is 4.42 Å². The summed E-state index contributed by atoms with van der Waals surface area (Å²) in [6.07, 6.45) is 1.87. The molecule has 1 unspecified atom stereocenters. The van der Waals surface area contributed by atoms with Crippen LogP contribution in [0.1, 0.15) is 11.3 Å². The standard InChI is InChI=1S/C19H20N2O2/c22-18(11-15-7-3-1-4-8-15)13-20-12-17-14-23-19(21-17)16-9-5-2-6-10-16/h1-10,14,18,20,22H,11-13H2. The van der Waals surface area contributed by atoms with Crippen LogP contribution in [0.25, 0.3) is 11.5 Å². The third-order valence-corrected chi connectivity index (χ3v) is 3.57. The van der Waals surface area contributed by atoms with Gasteiger partial charge in [0.25, 0.3) is 0 Å². The van der Waals surface area contributed by atoms with Crippen molar-refractivity contribution in [1.82, 2.24) is 10.3 Å². The summed E-state index contributed by atoms with van der Waals surface area (Å²) < 4.78 is 5.49. The van der Waals surface area contributed by atoms with E-state index >= 15 is 0 Å². The van der Waals surface area contributed by atoms with Crippen LogP contribution in [0.2, 0.25) is 0 Å². The zero-order valence-electron chi connectivity index (χ0n) is 12.9. The van der Waals surface area contributed by atoms with Crippen LogP contribution in [0.4, 0.5) is 0 Å². The average Bonchev–Trinajstić information content (AvgIpc) is 3.05. The predicted molar refractivity (Wildman–Crippen MR) is 89.8 cm³/mol. The Kier molecular flexibility index (Phi) is 5.19. The second-order valence-corrected chi connectivity index (χ2v) is 5.48. The fourth-order valence-corrected chi connectivity index (χ4v) is 2.43. The van der Waals surface area contributed by atoms with E-state index in [1.807, 2.05) is 60.7 Å². The minimum absolute atomic E-state index is 0.419. The van der Waals surface area contributed by atoms with Crippen LogP contribution in [-0.4, -0.2) is 22.7 Å². The third kappa shape index (κ3) is 4.52. The van der Waals surface area contributed by atoms with E-state index in [1.165, 1.54) is 0 Å². The van der Waals surface area contributed by atoms with Crippen molar-refractivity contribution >= 4 is 0 Å². The molecule has 0 spiro atoms. The van der Waals surface area contributed by atoms with Gasteiger partial charge < -0.3 is 14.8 Å². The van der Waals surface area contributed by atoms with Gasteiger partial charge in [0.2, 0.25) is 5.89 Å². The summed E-state index contributed by atoms with van der Waals surface area (Å²) >= 11 is 0. The Morgan fingerprint density at radius 3 is 2.43 bits per heavy atom. The second kappa shape index (κ2) is 7.72. The molecule has 0 radical (unpaired) electrons. The van der Waals surface area contributed by atoms with Gasteiger partial charge in [-0.15, -0.1) is 0 Å². The lowest BCUT2D eigenvalue weighted by Gasteiger charge is -2.11. The molecule has 0 aliphatic rings. The first-order chi connectivity index (χ1) is 11.3. The molecule has 0 saturated carbocycles. The van der Waals surface area contributed by atoms with E-state index in [-0.39, 0.29) is 0 Å². The Hall–Kier alpha value is -2.43. The molecule has 0 aliphatic heterocycles. The molecule has 0 fully saturated rings. The van der Waals surface area contributed by atoms with Crippen molar-refractivity contribution in [2.75, 3.05) is 6.54 Å². The summed E-state index contributed by atoms with van der Waals surface area (Å²) in [5, 5.41) is 13.3. The largest absolute Gasteiger partial charge is 0.444 e. The summed E-state index contributed by atoms with van der Waals surface area (Å²) in [5.41, 5.74) is 2.92. The lowest BCUT2D eigenvalue weighted by Crippen LogP contribution is -2.28. The van der Waals surface area contributed by atoms with Crippen molar-refractivity contribution in [3.05, 3.63) is 78.2 Å². The van der Waals surface area contributed by atoms with E-state index < -0.39 is 6.10 Å². The molecule has 0 aliphatic carbocycles. The highest BCUT2D eigenvalue weighted by Crippen LogP contribution is 2.17. The molecule has 0 amide bonds. The molecule has 4 nitrogen and oxygen atoms in total. The highest BCUT2D eigenvalue weighted by Gasteiger charge is 2.08. The Morgan fingerprint density at radius 1 is 1.00 bits per heavy atom. The van der Waals surface area contributed by atoms with Crippen LogP contribution < -0.4 is 5.32 Å². The number of aliphatic hydroxyl groups is 1. The van der Waals surface area contributed by atoms with Crippen molar-refractivity contribution < 1.29 is 9.52 Å². The van der Waals surface area contributed by atoms with Crippen LogP contribution in [0, 0.1) is 0 Å². The summed E-state index contributed by atoms with van der Waals surface area (Å²) in [6, 6.07) is 19.8. The minimum atomic E-state index is -0.419. The zero-order valence-corrected chi connectivity index (χ0v) is 12.9. The Balaban J connectivity index is 1.47. The van der Waals surface area contributed by atoms with Gasteiger partial charge in [-0.05, 0) is 24.1 Å². The number of benzene rings is 2. The van der Waals surface area contributed by atoms with Gasteiger partial charge in [0.05, 0.1) is 11.8 Å². The lowest BCUT2D eigenvalue weighted by atomic mass is 10.1. The monoisotopic (exact) mass is 308 g/mol. The zero-order chi connectivity index (χ0) is 15.9. The van der Waals surface area contributed by atoms with E-state index in [1.54, 1.807) is 6.26 Å². The lowest BCUT2D eigenvalue weighted by molar-refractivity contribution is 0.171. The maximum Gasteiger partial charge on any atom is 0.226 e. The van der Waals surface area contributed by atoms with Gasteiger partial charge in [0.1, 0.15) is 6.26 Å². The van der Waals surface area contributed by atoms with Gasteiger partial charge >= 0.3 is 0 Å². The quantitative estimate of drug-likeness (QED) is 0.704. The van der Waals surface area contributed by atoms with Crippen molar-refractivity contribution in [3.8, 4) is 11.5 Å². The summed E-state index contributed by atoms with van der Waals surface area (Å²) in [6.45, 7) is 1.09. The first-order valence-corrected chi connectivity index (χ1v) is 7.74. The maximum atomic E-state index is 10.1.